The molecular formula is C37H22N2O. The predicted molar refractivity (Wildman–Crippen MR) is 167 cm³/mol. The molecule has 9 aromatic rings. The van der Waals surface area contributed by atoms with Crippen LogP contribution in [-0.4, -0.2) is 8.80 Å². The fourth-order valence-corrected chi connectivity index (χ4v) is 6.65. The average molecular weight is 511 g/mol. The summed E-state index contributed by atoms with van der Waals surface area (Å²) in [5, 5.41) is 5.22. The van der Waals surface area contributed by atoms with Gasteiger partial charge in [0.05, 0.1) is 33.0 Å². The van der Waals surface area contributed by atoms with Crippen LogP contribution in [0.1, 0.15) is 0 Å². The number of benzene rings is 6. The van der Waals surface area contributed by atoms with Crippen LogP contribution in [0.15, 0.2) is 138 Å². The van der Waals surface area contributed by atoms with Gasteiger partial charge in [0.1, 0.15) is 0 Å². The minimum absolute atomic E-state index is 0.00770. The van der Waals surface area contributed by atoms with Crippen molar-refractivity contribution in [1.29, 1.82) is 0 Å². The maximum atomic E-state index is 14.3. The van der Waals surface area contributed by atoms with E-state index in [0.29, 0.717) is 5.39 Å². The molecule has 0 atom stereocenters. The fraction of sp³-hybridized carbons (Fsp3) is 0. The third-order valence-corrected chi connectivity index (χ3v) is 8.45. The van der Waals surface area contributed by atoms with Crippen LogP contribution in [-0.2, 0) is 0 Å². The third-order valence-electron chi connectivity index (χ3n) is 8.45. The quantitative estimate of drug-likeness (QED) is 0.228. The molecule has 0 saturated heterocycles. The molecule has 0 aliphatic carbocycles. The molecule has 0 N–H and O–H groups in total. The van der Waals surface area contributed by atoms with Crippen molar-refractivity contribution < 1.29 is 0 Å². The van der Waals surface area contributed by atoms with Gasteiger partial charge < -0.3 is 4.40 Å². The average Bonchev–Trinajstić information content (AvgIpc) is 3.50. The molecule has 0 unspecified atom stereocenters. The van der Waals surface area contributed by atoms with E-state index in [1.54, 1.807) is 0 Å². The van der Waals surface area contributed by atoms with Gasteiger partial charge in [-0.05, 0) is 58.7 Å². The molecular weight excluding hydrogens is 488 g/mol. The summed E-state index contributed by atoms with van der Waals surface area (Å²) < 4.78 is 4.25. The first-order valence-corrected chi connectivity index (χ1v) is 13.6. The van der Waals surface area contributed by atoms with Crippen LogP contribution in [0, 0.1) is 0 Å². The standard InChI is InChI=1S/C37H22N2O/c40-37-29-13-7-8-14-32(29)38-33-19-15-25(23-9-3-1-4-10-23)21-30(33)27-17-18-28-31-22-26(24-11-5-2-6-12-24)16-20-34(31)39(37)36(28)35(27)38/h1-22H. The molecule has 3 nitrogen and oxygen atoms in total. The monoisotopic (exact) mass is 510 g/mol. The summed E-state index contributed by atoms with van der Waals surface area (Å²) in [6.07, 6.45) is 0. The lowest BCUT2D eigenvalue weighted by Gasteiger charge is -2.03. The second-order valence-corrected chi connectivity index (χ2v) is 10.5. The van der Waals surface area contributed by atoms with E-state index in [-0.39, 0.29) is 5.56 Å². The Balaban J connectivity index is 1.52. The normalized spacial score (nSPS) is 12.1. The molecule has 40 heavy (non-hydrogen) atoms. The van der Waals surface area contributed by atoms with E-state index in [1.807, 2.05) is 34.7 Å². The van der Waals surface area contributed by atoms with Gasteiger partial charge in [-0.3, -0.25) is 9.20 Å². The lowest BCUT2D eigenvalue weighted by Crippen LogP contribution is -2.09. The summed E-state index contributed by atoms with van der Waals surface area (Å²) in [6, 6.07) is 46.5. The van der Waals surface area contributed by atoms with Gasteiger partial charge >= 0.3 is 0 Å². The first-order chi connectivity index (χ1) is 19.8. The smallest absolute Gasteiger partial charge is 0.265 e. The lowest BCUT2D eigenvalue weighted by atomic mass is 10.0. The van der Waals surface area contributed by atoms with Gasteiger partial charge in [-0.2, -0.15) is 0 Å². The Bertz CT molecular complexity index is 2490. The molecule has 0 spiro atoms. The van der Waals surface area contributed by atoms with Crippen molar-refractivity contribution >= 4 is 54.5 Å². The zero-order valence-electron chi connectivity index (χ0n) is 21.5. The van der Waals surface area contributed by atoms with Crippen molar-refractivity contribution in [2.45, 2.75) is 0 Å². The zero-order chi connectivity index (χ0) is 26.4. The summed E-state index contributed by atoms with van der Waals surface area (Å²) in [4.78, 5) is 14.3. The highest BCUT2D eigenvalue weighted by molar-refractivity contribution is 6.24. The molecule has 0 radical (unpaired) electrons. The Morgan fingerprint density at radius 2 is 0.825 bits per heavy atom. The van der Waals surface area contributed by atoms with E-state index in [0.717, 1.165) is 54.9 Å². The van der Waals surface area contributed by atoms with Crippen LogP contribution in [0.25, 0.3) is 76.8 Å². The van der Waals surface area contributed by atoms with Gasteiger partial charge in [0, 0.05) is 21.5 Å². The third kappa shape index (κ3) is 2.76. The maximum absolute atomic E-state index is 14.3. The summed E-state index contributed by atoms with van der Waals surface area (Å²) in [5.41, 5.74) is 9.70. The van der Waals surface area contributed by atoms with E-state index >= 15 is 0 Å². The molecule has 9 rings (SSSR count). The van der Waals surface area contributed by atoms with Crippen molar-refractivity contribution in [3.05, 3.63) is 144 Å². The van der Waals surface area contributed by atoms with Crippen molar-refractivity contribution in [2.75, 3.05) is 0 Å². The summed E-state index contributed by atoms with van der Waals surface area (Å²) in [7, 11) is 0. The van der Waals surface area contributed by atoms with E-state index < -0.39 is 0 Å². The first kappa shape index (κ1) is 21.5. The Labute approximate surface area is 229 Å². The number of rotatable bonds is 2. The van der Waals surface area contributed by atoms with E-state index in [4.69, 9.17) is 0 Å². The van der Waals surface area contributed by atoms with Gasteiger partial charge in [0.15, 0.2) is 0 Å². The van der Waals surface area contributed by atoms with Crippen LogP contribution >= 0.6 is 0 Å². The Morgan fingerprint density at radius 1 is 0.350 bits per heavy atom. The van der Waals surface area contributed by atoms with Crippen LogP contribution in [0.2, 0.25) is 0 Å². The van der Waals surface area contributed by atoms with Crippen LogP contribution in [0.4, 0.5) is 0 Å². The molecule has 0 aliphatic heterocycles. The largest absolute Gasteiger partial charge is 0.306 e. The lowest BCUT2D eigenvalue weighted by molar-refractivity contribution is 1.22. The minimum Gasteiger partial charge on any atom is -0.306 e. The van der Waals surface area contributed by atoms with Gasteiger partial charge in [0.25, 0.3) is 5.56 Å². The van der Waals surface area contributed by atoms with Gasteiger partial charge in [-0.15, -0.1) is 0 Å². The molecule has 6 aromatic carbocycles. The summed E-state index contributed by atoms with van der Waals surface area (Å²) in [5.74, 6) is 0. The van der Waals surface area contributed by atoms with Crippen molar-refractivity contribution in [3.63, 3.8) is 0 Å². The fourth-order valence-electron chi connectivity index (χ4n) is 6.65. The summed E-state index contributed by atoms with van der Waals surface area (Å²) in [6.45, 7) is 0. The van der Waals surface area contributed by atoms with Gasteiger partial charge in [0.2, 0.25) is 0 Å². The molecule has 0 bridgehead atoms. The van der Waals surface area contributed by atoms with Crippen LogP contribution < -0.4 is 5.56 Å². The highest BCUT2D eigenvalue weighted by Crippen LogP contribution is 2.41. The molecule has 0 aliphatic rings. The Kier molecular flexibility index (Phi) is 4.20. The predicted octanol–water partition coefficient (Wildman–Crippen LogP) is 8.94. The maximum Gasteiger partial charge on any atom is 0.265 e. The van der Waals surface area contributed by atoms with Crippen molar-refractivity contribution in [2.24, 2.45) is 0 Å². The number of hydrogen-bond acceptors (Lipinski definition) is 1. The second kappa shape index (κ2) is 7.81. The Morgan fingerprint density at radius 3 is 1.43 bits per heavy atom. The molecule has 3 aromatic heterocycles. The Hall–Kier alpha value is -5.41. The number of aromatic nitrogens is 2. The number of nitrogens with zero attached hydrogens (tertiary/aromatic N) is 2. The van der Waals surface area contributed by atoms with Crippen molar-refractivity contribution in [1.82, 2.24) is 8.80 Å². The number of para-hydroxylation sites is 1. The van der Waals surface area contributed by atoms with Crippen molar-refractivity contribution in [3.8, 4) is 22.3 Å². The highest BCUT2D eigenvalue weighted by atomic mass is 16.1. The number of hydrogen-bond donors (Lipinski definition) is 0. The minimum atomic E-state index is 0.00770. The first-order valence-electron chi connectivity index (χ1n) is 13.6. The molecule has 3 heterocycles. The summed E-state index contributed by atoms with van der Waals surface area (Å²) >= 11 is 0. The highest BCUT2D eigenvalue weighted by Gasteiger charge is 2.21. The van der Waals surface area contributed by atoms with E-state index in [2.05, 4.69) is 108 Å². The topological polar surface area (TPSA) is 25.9 Å². The molecule has 0 amide bonds. The molecule has 186 valence electrons. The van der Waals surface area contributed by atoms with E-state index in [9.17, 15) is 4.79 Å². The van der Waals surface area contributed by atoms with Gasteiger partial charge in [-0.25, -0.2) is 0 Å². The zero-order valence-corrected chi connectivity index (χ0v) is 21.5. The number of fused-ring (bicyclic) bond motifs is 8. The van der Waals surface area contributed by atoms with Crippen LogP contribution in [0.3, 0.4) is 0 Å². The molecule has 0 saturated carbocycles. The van der Waals surface area contributed by atoms with E-state index in [1.165, 1.54) is 16.5 Å². The molecule has 3 heteroatoms. The van der Waals surface area contributed by atoms with Crippen LogP contribution in [0.5, 0.6) is 0 Å². The second-order valence-electron chi connectivity index (χ2n) is 10.5. The van der Waals surface area contributed by atoms with Gasteiger partial charge in [-0.1, -0.05) is 97.1 Å². The SMILES string of the molecule is O=c1c2ccccc2n2c3ccc(-c4ccccc4)cc3c3ccc4c5cc(-c6ccccc6)ccc5n1c4c32. The molecule has 0 fully saturated rings.